The van der Waals surface area contributed by atoms with Gasteiger partial charge in [0.15, 0.2) is 0 Å². The molecule has 1 aliphatic heterocycles. The van der Waals surface area contributed by atoms with Crippen LogP contribution in [0.5, 0.6) is 0 Å². The van der Waals surface area contributed by atoms with Crippen LogP contribution in [0.3, 0.4) is 0 Å². The lowest BCUT2D eigenvalue weighted by atomic mass is 10.1. The predicted molar refractivity (Wildman–Crippen MR) is 121 cm³/mol. The van der Waals surface area contributed by atoms with Gasteiger partial charge in [0.2, 0.25) is 15.9 Å². The molecular formula is C22H26F2N4O3S. The predicted octanol–water partition coefficient (Wildman–Crippen LogP) is 3.38. The molecule has 0 atom stereocenters. The molecule has 0 bridgehead atoms. The van der Waals surface area contributed by atoms with Gasteiger partial charge in [-0.15, -0.1) is 0 Å². The maximum atomic E-state index is 14.1. The maximum absolute atomic E-state index is 14.1. The third-order valence-corrected chi connectivity index (χ3v) is 5.56. The Hall–Kier alpha value is -3.01. The molecule has 7 nitrogen and oxygen atoms in total. The number of piperidine rings is 1. The van der Waals surface area contributed by atoms with Crippen molar-refractivity contribution in [1.82, 2.24) is 10.3 Å². The standard InChI is InChI=1S/C22H26F2N4O3S/c1-32(30,31)27-20-9-5-16(13-19(20)24)15-25-21(29)10-7-17-6-8-18(14-23)26-22(17)28-11-3-2-4-12-28/h5-10,13,27H,2-4,11-12,14-15H2,1H3,(H,25,29)/b10-7+. The van der Waals surface area contributed by atoms with E-state index in [1.165, 1.54) is 18.2 Å². The number of nitrogens with zero attached hydrogens (tertiary/aromatic N) is 2. The lowest BCUT2D eigenvalue weighted by Gasteiger charge is -2.29. The third kappa shape index (κ3) is 6.74. The minimum absolute atomic E-state index is 0.0667. The Labute approximate surface area is 186 Å². The monoisotopic (exact) mass is 464 g/mol. The second-order valence-corrected chi connectivity index (χ2v) is 9.38. The minimum atomic E-state index is -3.59. The zero-order chi connectivity index (χ0) is 23.1. The van der Waals surface area contributed by atoms with Gasteiger partial charge >= 0.3 is 0 Å². The summed E-state index contributed by atoms with van der Waals surface area (Å²) in [5.74, 6) is -0.453. The summed E-state index contributed by atoms with van der Waals surface area (Å²) >= 11 is 0. The summed E-state index contributed by atoms with van der Waals surface area (Å²) in [4.78, 5) is 18.8. The van der Waals surface area contributed by atoms with Crippen molar-refractivity contribution in [3.63, 3.8) is 0 Å². The van der Waals surface area contributed by atoms with E-state index in [0.29, 0.717) is 17.1 Å². The van der Waals surface area contributed by atoms with Crippen LogP contribution in [-0.2, 0) is 28.0 Å². The van der Waals surface area contributed by atoms with E-state index in [-0.39, 0.29) is 18.1 Å². The largest absolute Gasteiger partial charge is 0.356 e. The normalized spacial score (nSPS) is 14.5. The van der Waals surface area contributed by atoms with Crippen LogP contribution in [0.2, 0.25) is 0 Å². The van der Waals surface area contributed by atoms with Crippen LogP contribution in [-0.4, -0.2) is 38.7 Å². The highest BCUT2D eigenvalue weighted by molar-refractivity contribution is 7.92. The molecule has 172 valence electrons. The molecule has 1 saturated heterocycles. The lowest BCUT2D eigenvalue weighted by molar-refractivity contribution is -0.116. The second-order valence-electron chi connectivity index (χ2n) is 7.64. The van der Waals surface area contributed by atoms with Crippen LogP contribution < -0.4 is 14.9 Å². The van der Waals surface area contributed by atoms with Crippen molar-refractivity contribution in [3.05, 3.63) is 59.0 Å². The number of rotatable bonds is 8. The molecule has 1 aromatic heterocycles. The van der Waals surface area contributed by atoms with Gasteiger partial charge in [-0.25, -0.2) is 22.2 Å². The highest BCUT2D eigenvalue weighted by Gasteiger charge is 2.16. The van der Waals surface area contributed by atoms with Crippen LogP contribution in [0.25, 0.3) is 6.08 Å². The molecule has 1 fully saturated rings. The maximum Gasteiger partial charge on any atom is 0.244 e. The first-order valence-corrected chi connectivity index (χ1v) is 12.2. The molecule has 2 N–H and O–H groups in total. The number of benzene rings is 1. The van der Waals surface area contributed by atoms with E-state index in [4.69, 9.17) is 0 Å². The molecule has 10 heteroatoms. The average Bonchev–Trinajstić information content (AvgIpc) is 2.77. The first-order valence-electron chi connectivity index (χ1n) is 10.3. The van der Waals surface area contributed by atoms with Crippen LogP contribution in [0.1, 0.15) is 36.1 Å². The van der Waals surface area contributed by atoms with Gasteiger partial charge in [0.1, 0.15) is 18.3 Å². The van der Waals surface area contributed by atoms with Gasteiger partial charge in [-0.05, 0) is 55.2 Å². The van der Waals surface area contributed by atoms with Gasteiger partial charge in [0, 0.05) is 31.3 Å². The summed E-state index contributed by atoms with van der Waals surface area (Å²) in [7, 11) is -3.59. The Bertz CT molecular complexity index is 1100. The summed E-state index contributed by atoms with van der Waals surface area (Å²) < 4.78 is 51.7. The van der Waals surface area contributed by atoms with Crippen molar-refractivity contribution < 1.29 is 22.0 Å². The van der Waals surface area contributed by atoms with Gasteiger partial charge in [0.25, 0.3) is 0 Å². The summed E-state index contributed by atoms with van der Waals surface area (Å²) in [5, 5.41) is 2.66. The highest BCUT2D eigenvalue weighted by atomic mass is 32.2. The molecule has 1 aromatic carbocycles. The van der Waals surface area contributed by atoms with Crippen LogP contribution in [0, 0.1) is 5.82 Å². The average molecular weight is 465 g/mol. The molecule has 1 aliphatic rings. The fourth-order valence-electron chi connectivity index (χ4n) is 3.43. The molecule has 1 amide bonds. The van der Waals surface area contributed by atoms with Gasteiger partial charge in [-0.1, -0.05) is 6.07 Å². The van der Waals surface area contributed by atoms with E-state index >= 15 is 0 Å². The Morgan fingerprint density at radius 3 is 2.59 bits per heavy atom. The number of carbonyl (C=O) groups excluding carboxylic acids is 1. The molecule has 2 heterocycles. The zero-order valence-electron chi connectivity index (χ0n) is 17.8. The van der Waals surface area contributed by atoms with Crippen LogP contribution in [0.15, 0.2) is 36.4 Å². The SMILES string of the molecule is CS(=O)(=O)Nc1ccc(CNC(=O)/C=C/c2ccc(CF)nc2N2CCCCC2)cc1F. The van der Waals surface area contributed by atoms with Crippen molar-refractivity contribution in [3.8, 4) is 0 Å². The smallest absolute Gasteiger partial charge is 0.244 e. The first-order chi connectivity index (χ1) is 15.2. The number of aromatic nitrogens is 1. The second kappa shape index (κ2) is 10.5. The molecule has 0 radical (unpaired) electrons. The summed E-state index contributed by atoms with van der Waals surface area (Å²) in [6.07, 6.45) is 7.16. The third-order valence-electron chi connectivity index (χ3n) is 4.97. The number of amides is 1. The summed E-state index contributed by atoms with van der Waals surface area (Å²) in [5.41, 5.74) is 1.40. The fourth-order valence-corrected chi connectivity index (χ4v) is 3.99. The number of hydrogen-bond acceptors (Lipinski definition) is 5. The Morgan fingerprint density at radius 2 is 1.94 bits per heavy atom. The van der Waals surface area contributed by atoms with Crippen LogP contribution in [0.4, 0.5) is 20.3 Å². The van der Waals surface area contributed by atoms with Gasteiger partial charge in [-0.3, -0.25) is 9.52 Å². The van der Waals surface area contributed by atoms with Gasteiger partial charge in [-0.2, -0.15) is 0 Å². The number of nitrogens with one attached hydrogen (secondary N) is 2. The quantitative estimate of drug-likeness (QED) is 0.585. The van der Waals surface area contributed by atoms with Gasteiger partial charge < -0.3 is 10.2 Å². The Balaban J connectivity index is 1.65. The highest BCUT2D eigenvalue weighted by Crippen LogP contribution is 2.24. The summed E-state index contributed by atoms with van der Waals surface area (Å²) in [6, 6.07) is 7.33. The molecular weight excluding hydrogens is 438 g/mol. The molecule has 0 saturated carbocycles. The van der Waals surface area contributed by atoms with E-state index in [2.05, 4.69) is 19.9 Å². The van der Waals surface area contributed by atoms with E-state index < -0.39 is 22.5 Å². The number of pyridine rings is 1. The number of carbonyl (C=O) groups is 1. The van der Waals surface area contributed by atoms with E-state index in [1.807, 2.05) is 0 Å². The number of anilines is 2. The van der Waals surface area contributed by atoms with Crippen molar-refractivity contribution in [1.29, 1.82) is 0 Å². The van der Waals surface area contributed by atoms with Crippen molar-refractivity contribution in [2.75, 3.05) is 29.0 Å². The van der Waals surface area contributed by atoms with E-state index in [0.717, 1.165) is 50.2 Å². The minimum Gasteiger partial charge on any atom is -0.356 e. The number of alkyl halides is 1. The lowest BCUT2D eigenvalue weighted by Crippen LogP contribution is -2.31. The molecule has 2 aromatic rings. The van der Waals surface area contributed by atoms with E-state index in [1.54, 1.807) is 18.2 Å². The molecule has 0 aliphatic carbocycles. The van der Waals surface area contributed by atoms with Crippen molar-refractivity contribution in [2.24, 2.45) is 0 Å². The molecule has 3 rings (SSSR count). The van der Waals surface area contributed by atoms with Crippen molar-refractivity contribution >= 4 is 33.5 Å². The molecule has 0 unspecified atom stereocenters. The van der Waals surface area contributed by atoms with Crippen molar-refractivity contribution in [2.45, 2.75) is 32.5 Å². The first kappa shape index (κ1) is 23.6. The Morgan fingerprint density at radius 1 is 1.19 bits per heavy atom. The van der Waals surface area contributed by atoms with Crippen LogP contribution >= 0.6 is 0 Å². The number of hydrogen-bond donors (Lipinski definition) is 2. The number of sulfonamides is 1. The zero-order valence-corrected chi connectivity index (χ0v) is 18.6. The Kier molecular flexibility index (Phi) is 7.79. The summed E-state index contributed by atoms with van der Waals surface area (Å²) in [6.45, 7) is 1.09. The topological polar surface area (TPSA) is 91.4 Å². The number of halogens is 2. The molecule has 0 spiro atoms. The fraction of sp³-hybridized carbons (Fsp3) is 0.364. The van der Waals surface area contributed by atoms with E-state index in [9.17, 15) is 22.0 Å². The molecule has 32 heavy (non-hydrogen) atoms. The van der Waals surface area contributed by atoms with Gasteiger partial charge in [0.05, 0.1) is 17.6 Å².